The number of allylic oxidation sites excluding steroid dienone is 1. The van der Waals surface area contributed by atoms with E-state index in [1.165, 1.54) is 44.1 Å². The van der Waals surface area contributed by atoms with Crippen molar-refractivity contribution in [2.75, 3.05) is 13.2 Å². The van der Waals surface area contributed by atoms with Gasteiger partial charge in [-0.3, -0.25) is 4.90 Å². The van der Waals surface area contributed by atoms with Crippen molar-refractivity contribution in [2.24, 2.45) is 0 Å². The summed E-state index contributed by atoms with van der Waals surface area (Å²) in [5.74, 6) is 0. The fourth-order valence-corrected chi connectivity index (χ4v) is 4.30. The minimum atomic E-state index is -0.220. The Balaban J connectivity index is 1.42. The van der Waals surface area contributed by atoms with Gasteiger partial charge in [0.1, 0.15) is 6.61 Å². The van der Waals surface area contributed by atoms with Crippen LogP contribution in [0.15, 0.2) is 54.6 Å². The lowest BCUT2D eigenvalue weighted by molar-refractivity contribution is -0.0375. The van der Waals surface area contributed by atoms with Crippen molar-refractivity contribution < 1.29 is 14.3 Å². The van der Waals surface area contributed by atoms with Crippen molar-refractivity contribution >= 4 is 6.09 Å². The second-order valence-electron chi connectivity index (χ2n) is 8.18. The second-order valence-corrected chi connectivity index (χ2v) is 8.18. The predicted octanol–water partition coefficient (Wildman–Crippen LogP) is 6.03. The third-order valence-corrected chi connectivity index (χ3v) is 5.85. The maximum atomic E-state index is 12.7. The van der Waals surface area contributed by atoms with E-state index in [0.717, 1.165) is 24.8 Å². The zero-order valence-electron chi connectivity index (χ0n) is 17.6. The van der Waals surface area contributed by atoms with Crippen LogP contribution in [0.5, 0.6) is 0 Å². The maximum absolute atomic E-state index is 12.7. The number of rotatable bonds is 11. The zero-order valence-corrected chi connectivity index (χ0v) is 17.6. The van der Waals surface area contributed by atoms with Crippen LogP contribution in [0.3, 0.4) is 0 Å². The summed E-state index contributed by atoms with van der Waals surface area (Å²) in [7, 11) is 0. The van der Waals surface area contributed by atoms with Gasteiger partial charge in [-0.1, -0.05) is 73.7 Å². The van der Waals surface area contributed by atoms with Gasteiger partial charge in [0.25, 0.3) is 0 Å². The number of amides is 1. The second kappa shape index (κ2) is 11.8. The Morgan fingerprint density at radius 1 is 1.10 bits per heavy atom. The molecule has 0 saturated carbocycles. The molecule has 1 fully saturated rings. The summed E-state index contributed by atoms with van der Waals surface area (Å²) in [5.41, 5.74) is 2.50. The van der Waals surface area contributed by atoms with Crippen LogP contribution < -0.4 is 0 Å². The molecule has 2 aliphatic rings. The standard InChI is InChI=1S/C25H35NO3/c1-2-3-4-5-6-7-8-10-15-22-16-23-19-28-20-24(17-22)26(23)25(27)29-18-21-13-11-9-12-14-21/h2,9,11-14,16,23-24H,1,3-8,10,15,17-20H2. The first-order valence-corrected chi connectivity index (χ1v) is 11.1. The number of unbranched alkanes of at least 4 members (excludes halogenated alkanes) is 6. The molecule has 1 aromatic carbocycles. The molecular formula is C25H35NO3. The number of hydrogen-bond donors (Lipinski definition) is 0. The molecular weight excluding hydrogens is 362 g/mol. The lowest BCUT2D eigenvalue weighted by Gasteiger charge is -2.43. The minimum Gasteiger partial charge on any atom is -0.445 e. The highest BCUT2D eigenvalue weighted by molar-refractivity contribution is 5.69. The molecule has 3 rings (SSSR count). The Hall–Kier alpha value is -2.07. The summed E-state index contributed by atoms with van der Waals surface area (Å²) in [6.07, 6.45) is 15.0. The summed E-state index contributed by atoms with van der Waals surface area (Å²) >= 11 is 0. The Bertz CT molecular complexity index is 670. The van der Waals surface area contributed by atoms with Crippen LogP contribution in [0.25, 0.3) is 0 Å². The quantitative estimate of drug-likeness (QED) is 0.338. The number of ether oxygens (including phenoxy) is 2. The van der Waals surface area contributed by atoms with E-state index in [4.69, 9.17) is 9.47 Å². The molecule has 2 bridgehead atoms. The number of carbonyl (C=O) groups excluding carboxylic acids is 1. The molecule has 1 aromatic rings. The summed E-state index contributed by atoms with van der Waals surface area (Å²) in [6.45, 7) is 5.28. The highest BCUT2D eigenvalue weighted by atomic mass is 16.6. The molecule has 0 spiro atoms. The molecule has 0 aliphatic carbocycles. The van der Waals surface area contributed by atoms with Crippen molar-refractivity contribution in [1.82, 2.24) is 4.90 Å². The summed E-state index contributed by atoms with van der Waals surface area (Å²) < 4.78 is 11.3. The number of fused-ring (bicyclic) bond motifs is 2. The van der Waals surface area contributed by atoms with Crippen LogP contribution in [-0.4, -0.2) is 36.3 Å². The summed E-state index contributed by atoms with van der Waals surface area (Å²) in [6, 6.07) is 9.96. The number of benzene rings is 1. The molecule has 1 saturated heterocycles. The normalized spacial score (nSPS) is 20.8. The van der Waals surface area contributed by atoms with E-state index in [1.54, 1.807) is 0 Å². The zero-order chi connectivity index (χ0) is 20.3. The summed E-state index contributed by atoms with van der Waals surface area (Å²) in [4.78, 5) is 14.6. The highest BCUT2D eigenvalue weighted by Crippen LogP contribution is 2.30. The average Bonchev–Trinajstić information content (AvgIpc) is 2.74. The lowest BCUT2D eigenvalue weighted by Crippen LogP contribution is -2.56. The molecule has 1 amide bonds. The van der Waals surface area contributed by atoms with Crippen molar-refractivity contribution in [3.8, 4) is 0 Å². The third kappa shape index (κ3) is 6.74. The first-order valence-electron chi connectivity index (χ1n) is 11.1. The van der Waals surface area contributed by atoms with Crippen molar-refractivity contribution in [2.45, 2.75) is 76.5 Å². The molecule has 4 nitrogen and oxygen atoms in total. The van der Waals surface area contributed by atoms with Gasteiger partial charge in [-0.15, -0.1) is 6.58 Å². The van der Waals surface area contributed by atoms with Crippen LogP contribution in [0.2, 0.25) is 0 Å². The molecule has 0 N–H and O–H groups in total. The van der Waals surface area contributed by atoms with Gasteiger partial charge in [-0.2, -0.15) is 0 Å². The van der Waals surface area contributed by atoms with Gasteiger partial charge in [-0.05, 0) is 37.7 Å². The average molecular weight is 398 g/mol. The number of morpholine rings is 1. The van der Waals surface area contributed by atoms with E-state index in [9.17, 15) is 4.79 Å². The van der Waals surface area contributed by atoms with Crippen molar-refractivity contribution in [3.05, 3.63) is 60.2 Å². The first-order chi connectivity index (χ1) is 14.3. The molecule has 158 valence electrons. The van der Waals surface area contributed by atoms with Gasteiger partial charge in [-0.25, -0.2) is 4.79 Å². The van der Waals surface area contributed by atoms with Gasteiger partial charge in [0.2, 0.25) is 0 Å². The largest absolute Gasteiger partial charge is 0.445 e. The van der Waals surface area contributed by atoms with Crippen LogP contribution in [-0.2, 0) is 16.1 Å². The van der Waals surface area contributed by atoms with Crippen LogP contribution in [0.1, 0.15) is 63.4 Å². The smallest absolute Gasteiger partial charge is 0.411 e. The van der Waals surface area contributed by atoms with E-state index in [0.29, 0.717) is 19.8 Å². The van der Waals surface area contributed by atoms with Crippen LogP contribution in [0.4, 0.5) is 4.79 Å². The molecule has 0 aromatic heterocycles. The topological polar surface area (TPSA) is 38.8 Å². The highest BCUT2D eigenvalue weighted by Gasteiger charge is 2.38. The molecule has 29 heavy (non-hydrogen) atoms. The van der Waals surface area contributed by atoms with Gasteiger partial charge in [0.15, 0.2) is 0 Å². The molecule has 4 heteroatoms. The van der Waals surface area contributed by atoms with E-state index in [-0.39, 0.29) is 18.2 Å². The van der Waals surface area contributed by atoms with Crippen molar-refractivity contribution in [3.63, 3.8) is 0 Å². The van der Waals surface area contributed by atoms with Gasteiger partial charge >= 0.3 is 6.09 Å². The Kier molecular flexibility index (Phi) is 8.82. The Morgan fingerprint density at radius 2 is 1.86 bits per heavy atom. The monoisotopic (exact) mass is 397 g/mol. The number of hydrogen-bond acceptors (Lipinski definition) is 3. The molecule has 2 heterocycles. The van der Waals surface area contributed by atoms with E-state index in [2.05, 4.69) is 12.7 Å². The predicted molar refractivity (Wildman–Crippen MR) is 117 cm³/mol. The summed E-state index contributed by atoms with van der Waals surface area (Å²) in [5, 5.41) is 0. The third-order valence-electron chi connectivity index (χ3n) is 5.85. The van der Waals surface area contributed by atoms with E-state index in [1.807, 2.05) is 41.3 Å². The van der Waals surface area contributed by atoms with Gasteiger partial charge < -0.3 is 9.47 Å². The number of nitrogens with zero attached hydrogens (tertiary/aromatic N) is 1. The molecule has 2 atom stereocenters. The van der Waals surface area contributed by atoms with Crippen molar-refractivity contribution in [1.29, 1.82) is 0 Å². The molecule has 0 radical (unpaired) electrons. The van der Waals surface area contributed by atoms with Gasteiger partial charge in [0, 0.05) is 0 Å². The number of carbonyl (C=O) groups is 1. The maximum Gasteiger partial charge on any atom is 0.411 e. The fourth-order valence-electron chi connectivity index (χ4n) is 4.30. The SMILES string of the molecule is C=CCCCCCCCCC1=CC2COCC(C1)N2C(=O)OCc1ccccc1. The minimum absolute atomic E-state index is 0.0136. The van der Waals surface area contributed by atoms with E-state index < -0.39 is 0 Å². The van der Waals surface area contributed by atoms with Crippen LogP contribution >= 0.6 is 0 Å². The van der Waals surface area contributed by atoms with E-state index >= 15 is 0 Å². The Labute approximate surface area is 175 Å². The fraction of sp³-hybridized carbons (Fsp3) is 0.560. The lowest BCUT2D eigenvalue weighted by atomic mass is 9.91. The van der Waals surface area contributed by atoms with Crippen LogP contribution in [0, 0.1) is 0 Å². The Morgan fingerprint density at radius 3 is 2.62 bits per heavy atom. The molecule has 2 unspecified atom stereocenters. The van der Waals surface area contributed by atoms with Gasteiger partial charge in [0.05, 0.1) is 25.3 Å². The molecule has 2 aliphatic heterocycles. The first kappa shape index (κ1) is 21.6.